The van der Waals surface area contributed by atoms with Crippen molar-refractivity contribution in [3.05, 3.63) is 60.0 Å². The fraction of sp³-hybridized carbons (Fsp3) is 0.321. The number of pyridine rings is 1. The Balaban J connectivity index is 1.74. The van der Waals surface area contributed by atoms with Gasteiger partial charge in [0.15, 0.2) is 0 Å². The van der Waals surface area contributed by atoms with Gasteiger partial charge in [-0.2, -0.15) is 0 Å². The molecule has 3 aromatic heterocycles. The van der Waals surface area contributed by atoms with Gasteiger partial charge in [0, 0.05) is 26.7 Å². The average Bonchev–Trinajstić information content (AvgIpc) is 3.08. The molecule has 0 amide bonds. The third kappa shape index (κ3) is 4.20. The first-order valence-corrected chi connectivity index (χ1v) is 15.9. The zero-order valence-corrected chi connectivity index (χ0v) is 22.4. The third-order valence-corrected chi connectivity index (χ3v) is 9.21. The van der Waals surface area contributed by atoms with Gasteiger partial charge in [-0.05, 0) is 47.7 Å². The Morgan fingerprint density at radius 2 is 1.70 bits per heavy atom. The van der Waals surface area contributed by atoms with E-state index in [1.54, 1.807) is 6.33 Å². The Labute approximate surface area is 200 Å². The van der Waals surface area contributed by atoms with Crippen molar-refractivity contribution in [2.24, 2.45) is 5.41 Å². The molecule has 0 N–H and O–H groups in total. The van der Waals surface area contributed by atoms with Gasteiger partial charge < -0.3 is 0 Å². The molecule has 0 aliphatic rings. The Bertz CT molecular complexity index is 1520. The first-order chi connectivity index (χ1) is 15.5. The molecule has 3 heterocycles. The smallest absolute Gasteiger partial charge is 0.116 e. The van der Waals surface area contributed by atoms with Crippen LogP contribution in [0.25, 0.3) is 42.5 Å². The number of hydrogen-bond donors (Lipinski definition) is 0. The highest BCUT2D eigenvalue weighted by molar-refractivity contribution is 7.26. The zero-order chi connectivity index (χ0) is 23.5. The Morgan fingerprint density at radius 3 is 2.42 bits per heavy atom. The molecule has 168 valence electrons. The van der Waals surface area contributed by atoms with Crippen molar-refractivity contribution in [3.8, 4) is 11.3 Å². The highest BCUT2D eigenvalue weighted by atomic mass is 32.1. The fourth-order valence-corrected chi connectivity index (χ4v) is 7.32. The monoisotopic (exact) mass is 469 g/mol. The van der Waals surface area contributed by atoms with Crippen molar-refractivity contribution in [2.75, 3.05) is 0 Å². The highest BCUT2D eigenvalue weighted by Crippen LogP contribution is 2.39. The van der Waals surface area contributed by atoms with Crippen LogP contribution in [0.5, 0.6) is 0 Å². The molecular weight excluding hydrogens is 438 g/mol. The second-order valence-electron chi connectivity index (χ2n) is 11.4. The van der Waals surface area contributed by atoms with Crippen LogP contribution in [0.2, 0.25) is 19.6 Å². The van der Waals surface area contributed by atoms with Gasteiger partial charge in [-0.25, -0.2) is 9.97 Å². The summed E-state index contributed by atoms with van der Waals surface area (Å²) in [6.45, 7) is 16.1. The van der Waals surface area contributed by atoms with Crippen molar-refractivity contribution in [1.82, 2.24) is 15.0 Å². The summed E-state index contributed by atoms with van der Waals surface area (Å²) in [5, 5.41) is 3.80. The summed E-state index contributed by atoms with van der Waals surface area (Å²) < 4.78 is 2.46. The molecule has 0 bridgehead atoms. The van der Waals surface area contributed by atoms with Gasteiger partial charge in [0.1, 0.15) is 6.33 Å². The topological polar surface area (TPSA) is 38.7 Å². The summed E-state index contributed by atoms with van der Waals surface area (Å²) in [5.41, 5.74) is 7.10. The normalized spacial score (nSPS) is 12.8. The molecule has 5 heteroatoms. The lowest BCUT2D eigenvalue weighted by Crippen LogP contribution is -2.38. The number of thiophene rings is 1. The van der Waals surface area contributed by atoms with E-state index in [1.165, 1.54) is 36.5 Å². The lowest BCUT2D eigenvalue weighted by atomic mass is 9.88. The van der Waals surface area contributed by atoms with Crippen LogP contribution in [-0.2, 0) is 6.42 Å². The molecule has 0 atom stereocenters. The summed E-state index contributed by atoms with van der Waals surface area (Å²) in [5.74, 6) is 0. The van der Waals surface area contributed by atoms with E-state index in [2.05, 4.69) is 89.8 Å². The lowest BCUT2D eigenvalue weighted by Gasteiger charge is -2.20. The van der Waals surface area contributed by atoms with Crippen molar-refractivity contribution in [2.45, 2.75) is 53.8 Å². The van der Waals surface area contributed by atoms with Crippen LogP contribution >= 0.6 is 11.3 Å². The van der Waals surface area contributed by atoms with Gasteiger partial charge in [0.05, 0.1) is 29.5 Å². The second kappa shape index (κ2) is 7.71. The second-order valence-corrected chi connectivity index (χ2v) is 17.5. The van der Waals surface area contributed by atoms with Crippen LogP contribution in [0.3, 0.4) is 0 Å². The van der Waals surface area contributed by atoms with Gasteiger partial charge in [-0.1, -0.05) is 64.7 Å². The number of hydrogen-bond acceptors (Lipinski definition) is 4. The maximum absolute atomic E-state index is 4.92. The van der Waals surface area contributed by atoms with E-state index in [1.807, 2.05) is 11.3 Å². The predicted molar refractivity (Wildman–Crippen MR) is 147 cm³/mol. The summed E-state index contributed by atoms with van der Waals surface area (Å²) in [6.07, 6.45) is 2.78. The average molecular weight is 470 g/mol. The number of benzene rings is 2. The summed E-state index contributed by atoms with van der Waals surface area (Å²) in [4.78, 5) is 14.4. The van der Waals surface area contributed by atoms with Gasteiger partial charge in [0.25, 0.3) is 0 Å². The van der Waals surface area contributed by atoms with E-state index in [0.29, 0.717) is 0 Å². The van der Waals surface area contributed by atoms with Crippen LogP contribution in [0, 0.1) is 12.3 Å². The summed E-state index contributed by atoms with van der Waals surface area (Å²) in [7, 11) is -1.62. The van der Waals surface area contributed by atoms with Crippen LogP contribution in [0.15, 0.2) is 48.8 Å². The maximum Gasteiger partial charge on any atom is 0.116 e. The largest absolute Gasteiger partial charge is 0.253 e. The van der Waals surface area contributed by atoms with Crippen LogP contribution in [0.4, 0.5) is 0 Å². The maximum atomic E-state index is 4.92. The molecule has 0 aliphatic carbocycles. The molecule has 0 spiro atoms. The van der Waals surface area contributed by atoms with Crippen LogP contribution in [-0.4, -0.2) is 23.0 Å². The predicted octanol–water partition coefficient (Wildman–Crippen LogP) is 7.50. The van der Waals surface area contributed by atoms with Gasteiger partial charge in [0.2, 0.25) is 0 Å². The standard InChI is InChI=1S/C28H31N3SSi/c1-17-8-10-19-13-20(14-23(24(19)31-17)33(5,6)7)25-27-26(30-16-29-25)21-11-9-18(12-22(21)32-27)15-28(2,3)4/h8-14,16H,15H2,1-7H3. The van der Waals surface area contributed by atoms with E-state index in [-0.39, 0.29) is 5.41 Å². The SMILES string of the molecule is Cc1ccc2cc(-c3ncnc4c3sc3cc(CC(C)(C)C)ccc34)cc([Si](C)(C)C)c2n1. The molecule has 3 nitrogen and oxygen atoms in total. The molecule has 0 saturated carbocycles. The molecule has 0 unspecified atom stereocenters. The highest BCUT2D eigenvalue weighted by Gasteiger charge is 2.23. The Hall–Kier alpha value is -2.63. The van der Waals surface area contributed by atoms with E-state index in [0.717, 1.165) is 28.8 Å². The Kier molecular flexibility index (Phi) is 5.18. The summed E-state index contributed by atoms with van der Waals surface area (Å²) in [6, 6.07) is 15.7. The molecule has 33 heavy (non-hydrogen) atoms. The van der Waals surface area contributed by atoms with Crippen molar-refractivity contribution in [3.63, 3.8) is 0 Å². The third-order valence-electron chi connectivity index (χ3n) is 6.06. The molecule has 0 fully saturated rings. The lowest BCUT2D eigenvalue weighted by molar-refractivity contribution is 0.411. The molecule has 0 aliphatic heterocycles. The van der Waals surface area contributed by atoms with Crippen molar-refractivity contribution >= 4 is 55.8 Å². The number of aryl methyl sites for hydroxylation is 1. The fourth-order valence-electron chi connectivity index (χ4n) is 4.59. The van der Waals surface area contributed by atoms with Crippen molar-refractivity contribution in [1.29, 1.82) is 0 Å². The zero-order valence-electron chi connectivity index (χ0n) is 20.6. The van der Waals surface area contributed by atoms with E-state index in [4.69, 9.17) is 15.0 Å². The molecular formula is C28H31N3SSi. The molecule has 0 saturated heterocycles. The van der Waals surface area contributed by atoms with E-state index in [9.17, 15) is 0 Å². The number of aromatic nitrogens is 3. The molecule has 5 rings (SSSR count). The minimum atomic E-state index is -1.62. The van der Waals surface area contributed by atoms with Gasteiger partial charge in [-0.15, -0.1) is 11.3 Å². The van der Waals surface area contributed by atoms with Gasteiger partial charge in [-0.3, -0.25) is 4.98 Å². The van der Waals surface area contributed by atoms with Gasteiger partial charge >= 0.3 is 0 Å². The van der Waals surface area contributed by atoms with Crippen LogP contribution < -0.4 is 5.19 Å². The minimum absolute atomic E-state index is 0.264. The number of rotatable bonds is 3. The quantitative estimate of drug-likeness (QED) is 0.257. The van der Waals surface area contributed by atoms with E-state index >= 15 is 0 Å². The van der Waals surface area contributed by atoms with Crippen molar-refractivity contribution < 1.29 is 0 Å². The number of fused-ring (bicyclic) bond motifs is 4. The summed E-state index contributed by atoms with van der Waals surface area (Å²) >= 11 is 1.82. The first kappa shape index (κ1) is 22.2. The molecule has 2 aromatic carbocycles. The molecule has 0 radical (unpaired) electrons. The van der Waals surface area contributed by atoms with Crippen LogP contribution in [0.1, 0.15) is 32.0 Å². The Morgan fingerprint density at radius 1 is 0.909 bits per heavy atom. The first-order valence-electron chi connectivity index (χ1n) is 11.6. The number of nitrogens with zero attached hydrogens (tertiary/aromatic N) is 3. The minimum Gasteiger partial charge on any atom is -0.253 e. The van der Waals surface area contributed by atoms with E-state index < -0.39 is 8.07 Å². The molecule has 5 aromatic rings.